The number of unbranched alkanes of at least 4 members (excludes halogenated alkanes) is 1. The number of anilines is 1. The lowest BCUT2D eigenvalue weighted by molar-refractivity contribution is -0.156. The van der Waals surface area contributed by atoms with Gasteiger partial charge < -0.3 is 25.4 Å². The van der Waals surface area contributed by atoms with E-state index in [1.807, 2.05) is 36.4 Å². The minimum absolute atomic E-state index is 0.0867. The van der Waals surface area contributed by atoms with Crippen molar-refractivity contribution in [3.05, 3.63) is 66.2 Å². The lowest BCUT2D eigenvalue weighted by Gasteiger charge is -2.19. The van der Waals surface area contributed by atoms with Crippen LogP contribution in [-0.4, -0.2) is 42.1 Å². The van der Waals surface area contributed by atoms with Gasteiger partial charge in [0.05, 0.1) is 0 Å². The average molecular weight is 498 g/mol. The van der Waals surface area contributed by atoms with Gasteiger partial charge >= 0.3 is 12.1 Å². The maximum Gasteiger partial charge on any atom is 0.408 e. The van der Waals surface area contributed by atoms with E-state index in [4.69, 9.17) is 9.47 Å². The molecule has 0 aliphatic rings. The largest absolute Gasteiger partial charge is 0.460 e. The van der Waals surface area contributed by atoms with E-state index in [9.17, 15) is 19.2 Å². The van der Waals surface area contributed by atoms with Crippen LogP contribution < -0.4 is 16.0 Å². The Bertz CT molecular complexity index is 990. The summed E-state index contributed by atoms with van der Waals surface area (Å²) in [7, 11) is 0. The molecule has 3 N–H and O–H groups in total. The van der Waals surface area contributed by atoms with Crippen molar-refractivity contribution >= 4 is 29.6 Å². The number of alkyl carbamates (subject to hydrolysis) is 1. The van der Waals surface area contributed by atoms with Crippen molar-refractivity contribution in [3.63, 3.8) is 0 Å². The Morgan fingerprint density at radius 3 is 2.17 bits per heavy atom. The number of para-hydroxylation sites is 1. The van der Waals surface area contributed by atoms with Gasteiger partial charge in [-0.1, -0.05) is 48.5 Å². The van der Waals surface area contributed by atoms with Crippen LogP contribution in [0.15, 0.2) is 60.7 Å². The summed E-state index contributed by atoms with van der Waals surface area (Å²) in [5.74, 6) is -1.38. The highest BCUT2D eigenvalue weighted by Crippen LogP contribution is 2.10. The van der Waals surface area contributed by atoms with Gasteiger partial charge in [0.25, 0.3) is 0 Å². The second kappa shape index (κ2) is 14.5. The lowest BCUT2D eigenvalue weighted by atomic mass is 10.1. The Morgan fingerprint density at radius 1 is 0.889 bits per heavy atom. The number of carbonyl (C=O) groups is 4. The van der Waals surface area contributed by atoms with Crippen LogP contribution in [0.2, 0.25) is 0 Å². The van der Waals surface area contributed by atoms with Crippen LogP contribution in [0.4, 0.5) is 10.5 Å². The minimum atomic E-state index is -0.828. The molecule has 0 saturated heterocycles. The van der Waals surface area contributed by atoms with Crippen molar-refractivity contribution < 1.29 is 28.7 Å². The van der Waals surface area contributed by atoms with Gasteiger partial charge in [-0.25, -0.2) is 4.79 Å². The summed E-state index contributed by atoms with van der Waals surface area (Å²) in [6.07, 6.45) is 0.377. The van der Waals surface area contributed by atoms with Crippen LogP contribution >= 0.6 is 0 Å². The maximum atomic E-state index is 12.8. The van der Waals surface area contributed by atoms with E-state index in [2.05, 4.69) is 16.0 Å². The molecule has 0 fully saturated rings. The van der Waals surface area contributed by atoms with Gasteiger partial charge in [0.15, 0.2) is 0 Å². The molecule has 0 heterocycles. The van der Waals surface area contributed by atoms with Crippen LogP contribution in [0, 0.1) is 0 Å². The van der Waals surface area contributed by atoms with Crippen molar-refractivity contribution in [2.45, 2.75) is 64.7 Å². The van der Waals surface area contributed by atoms with Gasteiger partial charge in [-0.15, -0.1) is 0 Å². The Hall–Kier alpha value is -3.88. The van der Waals surface area contributed by atoms with Crippen molar-refractivity contribution in [1.29, 1.82) is 0 Å². The van der Waals surface area contributed by atoms with Gasteiger partial charge in [-0.3, -0.25) is 14.4 Å². The number of nitrogens with one attached hydrogen (secondary N) is 3. The highest BCUT2D eigenvalue weighted by Gasteiger charge is 2.22. The summed E-state index contributed by atoms with van der Waals surface area (Å²) in [5.41, 5.74) is 0.795. The molecule has 0 spiro atoms. The Balaban J connectivity index is 1.81. The highest BCUT2D eigenvalue weighted by atomic mass is 16.6. The third-order valence-electron chi connectivity index (χ3n) is 4.83. The van der Waals surface area contributed by atoms with E-state index < -0.39 is 29.6 Å². The van der Waals surface area contributed by atoms with Gasteiger partial charge in [-0.05, 0) is 57.7 Å². The predicted molar refractivity (Wildman–Crippen MR) is 136 cm³/mol. The summed E-state index contributed by atoms with van der Waals surface area (Å²) < 4.78 is 10.4. The topological polar surface area (TPSA) is 123 Å². The standard InChI is InChI=1S/C27H35N3O6/c1-27(2,3)36-24(32)18-23(31)28-17-11-10-16-22(25(33)29-21-14-8-5-9-15-21)30-26(34)35-19-20-12-6-4-7-13-20/h4-9,12-15,22H,10-11,16-19H2,1-3H3,(H,28,31)(H,29,33)(H,30,34)/t22-/m0/s1. The molecule has 0 bridgehead atoms. The summed E-state index contributed by atoms with van der Waals surface area (Å²) in [6, 6.07) is 17.3. The molecule has 2 aromatic carbocycles. The average Bonchev–Trinajstić information content (AvgIpc) is 2.81. The number of rotatable bonds is 12. The zero-order chi connectivity index (χ0) is 26.4. The predicted octanol–water partition coefficient (Wildman–Crippen LogP) is 3.94. The van der Waals surface area contributed by atoms with Crippen molar-refractivity contribution in [2.24, 2.45) is 0 Å². The third-order valence-corrected chi connectivity index (χ3v) is 4.83. The number of benzene rings is 2. The highest BCUT2D eigenvalue weighted by molar-refractivity contribution is 5.96. The van der Waals surface area contributed by atoms with Crippen molar-refractivity contribution in [1.82, 2.24) is 10.6 Å². The van der Waals surface area contributed by atoms with E-state index in [1.165, 1.54) is 0 Å². The summed E-state index contributed by atoms with van der Waals surface area (Å²) in [5, 5.41) is 8.09. The molecule has 2 rings (SSSR count). The number of esters is 1. The van der Waals surface area contributed by atoms with Gasteiger partial charge in [0, 0.05) is 12.2 Å². The van der Waals surface area contributed by atoms with E-state index in [0.717, 1.165) is 5.56 Å². The second-order valence-corrected chi connectivity index (χ2v) is 9.22. The van der Waals surface area contributed by atoms with E-state index in [0.29, 0.717) is 31.5 Å². The van der Waals surface area contributed by atoms with Crippen LogP contribution in [0.5, 0.6) is 0 Å². The third kappa shape index (κ3) is 12.0. The summed E-state index contributed by atoms with van der Waals surface area (Å²) in [4.78, 5) is 48.8. The molecular formula is C27H35N3O6. The Morgan fingerprint density at radius 2 is 1.53 bits per heavy atom. The molecule has 0 radical (unpaired) electrons. The number of carbonyl (C=O) groups excluding carboxylic acids is 4. The minimum Gasteiger partial charge on any atom is -0.460 e. The molecule has 0 unspecified atom stereocenters. The van der Waals surface area contributed by atoms with Crippen LogP contribution in [0.25, 0.3) is 0 Å². The van der Waals surface area contributed by atoms with E-state index in [-0.39, 0.29) is 18.9 Å². The quantitative estimate of drug-likeness (QED) is 0.232. The van der Waals surface area contributed by atoms with Crippen molar-refractivity contribution in [3.8, 4) is 0 Å². The summed E-state index contributed by atoms with van der Waals surface area (Å²) >= 11 is 0. The zero-order valence-electron chi connectivity index (χ0n) is 21.0. The molecule has 1 atom stereocenters. The van der Waals surface area contributed by atoms with Gasteiger partial charge in [-0.2, -0.15) is 0 Å². The zero-order valence-corrected chi connectivity index (χ0v) is 21.0. The number of hydrogen-bond donors (Lipinski definition) is 3. The molecular weight excluding hydrogens is 462 g/mol. The van der Waals surface area contributed by atoms with Crippen molar-refractivity contribution in [2.75, 3.05) is 11.9 Å². The second-order valence-electron chi connectivity index (χ2n) is 9.22. The Kier molecular flexibility index (Phi) is 11.4. The van der Waals surface area contributed by atoms with Crippen LogP contribution in [-0.2, 0) is 30.5 Å². The summed E-state index contributed by atoms with van der Waals surface area (Å²) in [6.45, 7) is 5.62. The fourth-order valence-corrected chi connectivity index (χ4v) is 3.20. The fraction of sp³-hybridized carbons (Fsp3) is 0.407. The number of amides is 3. The van der Waals surface area contributed by atoms with Gasteiger partial charge in [0.2, 0.25) is 11.8 Å². The number of hydrogen-bond acceptors (Lipinski definition) is 6. The molecule has 194 valence electrons. The first-order chi connectivity index (χ1) is 17.1. The molecule has 36 heavy (non-hydrogen) atoms. The molecule has 0 saturated carbocycles. The smallest absolute Gasteiger partial charge is 0.408 e. The van der Waals surface area contributed by atoms with E-state index >= 15 is 0 Å². The lowest BCUT2D eigenvalue weighted by Crippen LogP contribution is -2.44. The SMILES string of the molecule is CC(C)(C)OC(=O)CC(=O)NCCCC[C@H](NC(=O)OCc1ccccc1)C(=O)Nc1ccccc1. The van der Waals surface area contributed by atoms with E-state index in [1.54, 1.807) is 45.0 Å². The number of ether oxygens (including phenoxy) is 2. The molecule has 9 nitrogen and oxygen atoms in total. The first-order valence-corrected chi connectivity index (χ1v) is 11.9. The molecule has 3 amide bonds. The van der Waals surface area contributed by atoms with Crippen LogP contribution in [0.3, 0.4) is 0 Å². The molecule has 9 heteroatoms. The molecule has 0 aliphatic carbocycles. The molecule has 0 aliphatic heterocycles. The maximum absolute atomic E-state index is 12.8. The Labute approximate surface area is 211 Å². The molecule has 0 aromatic heterocycles. The monoisotopic (exact) mass is 497 g/mol. The fourth-order valence-electron chi connectivity index (χ4n) is 3.20. The van der Waals surface area contributed by atoms with Gasteiger partial charge in [0.1, 0.15) is 24.7 Å². The first kappa shape index (κ1) is 28.4. The van der Waals surface area contributed by atoms with Crippen LogP contribution in [0.1, 0.15) is 52.0 Å². The normalized spacial score (nSPS) is 11.6. The first-order valence-electron chi connectivity index (χ1n) is 11.9. The molecule has 2 aromatic rings.